The smallest absolute Gasteiger partial charge is 0.0203 e. The number of hydrogen-bond donors (Lipinski definition) is 1. The van der Waals surface area contributed by atoms with Crippen LogP contribution in [0, 0.1) is 0 Å². The van der Waals surface area contributed by atoms with Crippen molar-refractivity contribution in [2.45, 2.75) is 56.9 Å². The predicted octanol–water partition coefficient (Wildman–Crippen LogP) is 4.91. The minimum absolute atomic E-state index is 0.0150. The maximum atomic E-state index is 6.69. The maximum absolute atomic E-state index is 6.69. The molecule has 1 aliphatic carbocycles. The van der Waals surface area contributed by atoms with Crippen molar-refractivity contribution < 1.29 is 0 Å². The zero-order chi connectivity index (χ0) is 14.7. The van der Waals surface area contributed by atoms with Gasteiger partial charge in [-0.3, -0.25) is 0 Å². The van der Waals surface area contributed by atoms with Crippen LogP contribution in [-0.4, -0.2) is 5.54 Å². The van der Waals surface area contributed by atoms with E-state index in [1.165, 1.54) is 28.2 Å². The first kappa shape index (κ1) is 14.8. The van der Waals surface area contributed by atoms with E-state index in [2.05, 4.69) is 49.4 Å². The Morgan fingerprint density at radius 1 is 1.05 bits per heavy atom. The van der Waals surface area contributed by atoms with Gasteiger partial charge in [-0.15, -0.1) is 11.3 Å². The topological polar surface area (TPSA) is 26.0 Å². The van der Waals surface area contributed by atoms with E-state index < -0.39 is 0 Å². The first-order valence-electron chi connectivity index (χ1n) is 8.10. The zero-order valence-corrected chi connectivity index (χ0v) is 13.7. The molecule has 21 heavy (non-hydrogen) atoms. The van der Waals surface area contributed by atoms with E-state index in [0.29, 0.717) is 5.92 Å². The molecule has 0 bridgehead atoms. The molecule has 1 aromatic carbocycles. The normalized spacial score (nSPS) is 25.9. The van der Waals surface area contributed by atoms with Crippen molar-refractivity contribution in [3.8, 4) is 0 Å². The fourth-order valence-electron chi connectivity index (χ4n) is 3.48. The van der Waals surface area contributed by atoms with Gasteiger partial charge in [0, 0.05) is 15.3 Å². The summed E-state index contributed by atoms with van der Waals surface area (Å²) in [5, 5.41) is 0. The van der Waals surface area contributed by atoms with Crippen LogP contribution in [0.4, 0.5) is 0 Å². The van der Waals surface area contributed by atoms with E-state index in [9.17, 15) is 0 Å². The predicted molar refractivity (Wildman–Crippen MR) is 92.0 cm³/mol. The molecule has 0 spiro atoms. The van der Waals surface area contributed by atoms with E-state index in [1.54, 1.807) is 0 Å². The van der Waals surface area contributed by atoms with Gasteiger partial charge < -0.3 is 5.73 Å². The SMILES string of the molecule is CCc1ccc(CC2(N)CCC(c3ccccc3)CC2)s1. The number of hydrogen-bond acceptors (Lipinski definition) is 2. The van der Waals surface area contributed by atoms with Gasteiger partial charge in [0.05, 0.1) is 0 Å². The monoisotopic (exact) mass is 299 g/mol. The lowest BCUT2D eigenvalue weighted by Gasteiger charge is -2.37. The molecule has 1 aliphatic rings. The van der Waals surface area contributed by atoms with E-state index in [1.807, 2.05) is 11.3 Å². The molecule has 2 heteroatoms. The summed E-state index contributed by atoms with van der Waals surface area (Å²) in [5.41, 5.74) is 8.19. The van der Waals surface area contributed by atoms with Crippen LogP contribution in [0.5, 0.6) is 0 Å². The van der Waals surface area contributed by atoms with Gasteiger partial charge >= 0.3 is 0 Å². The lowest BCUT2D eigenvalue weighted by molar-refractivity contribution is 0.272. The number of aryl methyl sites for hydroxylation is 1. The van der Waals surface area contributed by atoms with Gasteiger partial charge in [-0.1, -0.05) is 37.3 Å². The molecule has 1 fully saturated rings. The molecule has 0 unspecified atom stereocenters. The van der Waals surface area contributed by atoms with Crippen LogP contribution < -0.4 is 5.73 Å². The van der Waals surface area contributed by atoms with Gasteiger partial charge in [0.2, 0.25) is 0 Å². The van der Waals surface area contributed by atoms with E-state index in [-0.39, 0.29) is 5.54 Å². The minimum atomic E-state index is 0.0150. The Hall–Kier alpha value is -1.12. The number of nitrogens with two attached hydrogens (primary N) is 1. The average molecular weight is 299 g/mol. The van der Waals surface area contributed by atoms with Crippen molar-refractivity contribution in [1.82, 2.24) is 0 Å². The summed E-state index contributed by atoms with van der Waals surface area (Å²) in [7, 11) is 0. The van der Waals surface area contributed by atoms with Gasteiger partial charge in [0.1, 0.15) is 0 Å². The van der Waals surface area contributed by atoms with Crippen molar-refractivity contribution in [2.24, 2.45) is 5.73 Å². The molecule has 2 N–H and O–H groups in total. The van der Waals surface area contributed by atoms with Crippen LogP contribution in [0.2, 0.25) is 0 Å². The Morgan fingerprint density at radius 3 is 2.33 bits per heavy atom. The third-order valence-electron chi connectivity index (χ3n) is 4.84. The molecule has 0 atom stereocenters. The second-order valence-corrected chi connectivity index (χ2v) is 7.70. The van der Waals surface area contributed by atoms with Gasteiger partial charge in [0.25, 0.3) is 0 Å². The Bertz CT molecular complexity index is 564. The lowest BCUT2D eigenvalue weighted by Crippen LogP contribution is -2.44. The highest BCUT2D eigenvalue weighted by Crippen LogP contribution is 2.39. The molecular weight excluding hydrogens is 274 g/mol. The molecule has 0 aliphatic heterocycles. The molecule has 2 aromatic rings. The standard InChI is InChI=1S/C19H25NS/c1-2-17-8-9-18(21-17)14-19(20)12-10-16(11-13-19)15-6-4-3-5-7-15/h3-9,16H,2,10-14,20H2,1H3. The number of rotatable bonds is 4. The second kappa shape index (κ2) is 6.33. The highest BCUT2D eigenvalue weighted by molar-refractivity contribution is 7.12. The molecule has 112 valence electrons. The molecular formula is C19H25NS. The molecule has 0 saturated heterocycles. The fourth-order valence-corrected chi connectivity index (χ4v) is 4.60. The van der Waals surface area contributed by atoms with Gasteiger partial charge in [0.15, 0.2) is 0 Å². The number of thiophene rings is 1. The molecule has 0 radical (unpaired) electrons. The van der Waals surface area contributed by atoms with Crippen molar-refractivity contribution in [1.29, 1.82) is 0 Å². The summed E-state index contributed by atoms with van der Waals surface area (Å²) in [5.74, 6) is 0.706. The van der Waals surface area contributed by atoms with Crippen LogP contribution in [-0.2, 0) is 12.8 Å². The average Bonchev–Trinajstić information content (AvgIpc) is 2.96. The summed E-state index contributed by atoms with van der Waals surface area (Å²) in [6.07, 6.45) is 6.94. The molecule has 1 nitrogen and oxygen atoms in total. The van der Waals surface area contributed by atoms with E-state index in [0.717, 1.165) is 25.7 Å². The van der Waals surface area contributed by atoms with Crippen LogP contribution in [0.1, 0.15) is 53.8 Å². The summed E-state index contributed by atoms with van der Waals surface area (Å²) in [6, 6.07) is 15.5. The van der Waals surface area contributed by atoms with Crippen LogP contribution in [0.25, 0.3) is 0 Å². The Balaban J connectivity index is 1.61. The fraction of sp³-hybridized carbons (Fsp3) is 0.474. The largest absolute Gasteiger partial charge is 0.325 e. The highest BCUT2D eigenvalue weighted by atomic mass is 32.1. The third kappa shape index (κ3) is 3.56. The van der Waals surface area contributed by atoms with Crippen molar-refractivity contribution in [2.75, 3.05) is 0 Å². The van der Waals surface area contributed by atoms with Crippen molar-refractivity contribution >= 4 is 11.3 Å². The van der Waals surface area contributed by atoms with Crippen molar-refractivity contribution in [3.05, 3.63) is 57.8 Å². The Morgan fingerprint density at radius 2 is 1.71 bits per heavy atom. The summed E-state index contributed by atoms with van der Waals surface area (Å²) >= 11 is 1.94. The van der Waals surface area contributed by atoms with Gasteiger partial charge in [-0.25, -0.2) is 0 Å². The molecule has 3 rings (SSSR count). The van der Waals surface area contributed by atoms with Crippen molar-refractivity contribution in [3.63, 3.8) is 0 Å². The van der Waals surface area contributed by atoms with Gasteiger partial charge in [-0.2, -0.15) is 0 Å². The van der Waals surface area contributed by atoms with Crippen LogP contribution in [0.15, 0.2) is 42.5 Å². The van der Waals surface area contributed by atoms with E-state index in [4.69, 9.17) is 5.73 Å². The quantitative estimate of drug-likeness (QED) is 0.853. The minimum Gasteiger partial charge on any atom is -0.325 e. The Kier molecular flexibility index (Phi) is 4.46. The first-order chi connectivity index (χ1) is 10.2. The Labute approximate surface area is 132 Å². The zero-order valence-electron chi connectivity index (χ0n) is 12.8. The van der Waals surface area contributed by atoms with E-state index >= 15 is 0 Å². The molecule has 1 aromatic heterocycles. The summed E-state index contributed by atoms with van der Waals surface area (Å²) in [4.78, 5) is 2.94. The van der Waals surface area contributed by atoms with Gasteiger partial charge in [-0.05, 0) is 62.1 Å². The molecule has 0 amide bonds. The van der Waals surface area contributed by atoms with Crippen LogP contribution in [0.3, 0.4) is 0 Å². The third-order valence-corrected chi connectivity index (χ3v) is 6.07. The second-order valence-electron chi connectivity index (χ2n) is 6.45. The first-order valence-corrected chi connectivity index (χ1v) is 8.91. The summed E-state index contributed by atoms with van der Waals surface area (Å²) in [6.45, 7) is 2.22. The number of benzene rings is 1. The van der Waals surface area contributed by atoms with Crippen LogP contribution >= 0.6 is 11.3 Å². The molecule has 1 heterocycles. The molecule has 1 saturated carbocycles. The highest BCUT2D eigenvalue weighted by Gasteiger charge is 2.32. The maximum Gasteiger partial charge on any atom is 0.0203 e. The summed E-state index contributed by atoms with van der Waals surface area (Å²) < 4.78 is 0. The lowest BCUT2D eigenvalue weighted by atomic mass is 9.73.